The van der Waals surface area contributed by atoms with Gasteiger partial charge in [-0.05, 0) is 31.2 Å². The van der Waals surface area contributed by atoms with Gasteiger partial charge in [-0.3, -0.25) is 0 Å². The van der Waals surface area contributed by atoms with Crippen molar-refractivity contribution < 1.29 is 19.0 Å². The zero-order chi connectivity index (χ0) is 14.7. The van der Waals surface area contributed by atoms with E-state index in [1.54, 1.807) is 18.2 Å². The first kappa shape index (κ1) is 14.3. The van der Waals surface area contributed by atoms with Crippen LogP contribution in [0.15, 0.2) is 36.4 Å². The normalized spacial score (nSPS) is 12.1. The van der Waals surface area contributed by atoms with E-state index in [2.05, 4.69) is 0 Å². The van der Waals surface area contributed by atoms with E-state index >= 15 is 0 Å². The summed E-state index contributed by atoms with van der Waals surface area (Å²) in [5, 5.41) is 10.5. The van der Waals surface area contributed by atoms with Crippen molar-refractivity contribution in [2.75, 3.05) is 14.2 Å². The van der Waals surface area contributed by atoms with Gasteiger partial charge in [0.15, 0.2) is 0 Å². The summed E-state index contributed by atoms with van der Waals surface area (Å²) in [6, 6.07) is 9.84. The van der Waals surface area contributed by atoms with E-state index in [-0.39, 0.29) is 5.56 Å². The number of ether oxygens (including phenoxy) is 2. The van der Waals surface area contributed by atoms with Crippen molar-refractivity contribution in [3.8, 4) is 11.5 Å². The Kier molecular flexibility index (Phi) is 4.25. The zero-order valence-electron chi connectivity index (χ0n) is 11.7. The Hall–Kier alpha value is -2.07. The molecule has 20 heavy (non-hydrogen) atoms. The smallest absolute Gasteiger partial charge is 0.133 e. The summed E-state index contributed by atoms with van der Waals surface area (Å²) in [7, 11) is 2.96. The van der Waals surface area contributed by atoms with E-state index in [9.17, 15) is 9.50 Å². The van der Waals surface area contributed by atoms with Gasteiger partial charge in [0.2, 0.25) is 0 Å². The Morgan fingerprint density at radius 3 is 2.40 bits per heavy atom. The van der Waals surface area contributed by atoms with E-state index in [0.29, 0.717) is 17.1 Å². The summed E-state index contributed by atoms with van der Waals surface area (Å²) in [4.78, 5) is 0. The average Bonchev–Trinajstić information content (AvgIpc) is 2.46. The van der Waals surface area contributed by atoms with Crippen molar-refractivity contribution in [3.05, 3.63) is 58.9 Å². The molecule has 0 saturated heterocycles. The molecule has 0 aromatic heterocycles. The van der Waals surface area contributed by atoms with E-state index in [1.807, 2.05) is 13.0 Å². The lowest BCUT2D eigenvalue weighted by molar-refractivity contribution is 0.204. The van der Waals surface area contributed by atoms with Crippen molar-refractivity contribution in [2.24, 2.45) is 0 Å². The van der Waals surface area contributed by atoms with Crippen LogP contribution in [0.4, 0.5) is 4.39 Å². The summed E-state index contributed by atoms with van der Waals surface area (Å²) < 4.78 is 24.4. The minimum atomic E-state index is -1.15. The van der Waals surface area contributed by atoms with Gasteiger partial charge in [0.25, 0.3) is 0 Å². The molecule has 0 aliphatic heterocycles. The molecule has 3 nitrogen and oxygen atoms in total. The summed E-state index contributed by atoms with van der Waals surface area (Å²) >= 11 is 0. The number of aliphatic hydroxyl groups is 1. The molecule has 1 atom stereocenters. The minimum Gasteiger partial charge on any atom is -0.496 e. The molecule has 1 unspecified atom stereocenters. The van der Waals surface area contributed by atoms with Crippen LogP contribution >= 0.6 is 0 Å². The first-order valence-corrected chi connectivity index (χ1v) is 6.23. The highest BCUT2D eigenvalue weighted by Crippen LogP contribution is 2.36. The van der Waals surface area contributed by atoms with Crippen molar-refractivity contribution in [1.29, 1.82) is 0 Å². The fourth-order valence-corrected chi connectivity index (χ4v) is 2.18. The second-order valence-electron chi connectivity index (χ2n) is 4.50. The maximum absolute atomic E-state index is 14.0. The molecular weight excluding hydrogens is 259 g/mol. The summed E-state index contributed by atoms with van der Waals surface area (Å²) in [5.41, 5.74) is 1.57. The van der Waals surface area contributed by atoms with Crippen LogP contribution < -0.4 is 9.47 Å². The molecule has 2 rings (SSSR count). The van der Waals surface area contributed by atoms with Crippen LogP contribution in [0.2, 0.25) is 0 Å². The number of aryl methyl sites for hydroxylation is 1. The van der Waals surface area contributed by atoms with Crippen molar-refractivity contribution in [1.82, 2.24) is 0 Å². The minimum absolute atomic E-state index is 0.110. The van der Waals surface area contributed by atoms with Gasteiger partial charge in [-0.15, -0.1) is 0 Å². The fraction of sp³-hybridized carbons (Fsp3) is 0.250. The molecule has 0 bridgehead atoms. The number of benzene rings is 2. The van der Waals surface area contributed by atoms with Crippen molar-refractivity contribution in [3.63, 3.8) is 0 Å². The molecule has 0 fully saturated rings. The molecule has 0 aliphatic carbocycles. The lowest BCUT2D eigenvalue weighted by Crippen LogP contribution is -2.07. The van der Waals surface area contributed by atoms with Crippen LogP contribution in [0.5, 0.6) is 11.5 Å². The van der Waals surface area contributed by atoms with Crippen LogP contribution in [-0.4, -0.2) is 19.3 Å². The highest BCUT2D eigenvalue weighted by molar-refractivity contribution is 5.47. The number of hydrogen-bond acceptors (Lipinski definition) is 3. The number of rotatable bonds is 4. The molecule has 0 aliphatic rings. The third kappa shape index (κ3) is 2.60. The van der Waals surface area contributed by atoms with Crippen LogP contribution in [-0.2, 0) is 0 Å². The molecule has 2 aromatic carbocycles. The Morgan fingerprint density at radius 2 is 1.75 bits per heavy atom. The van der Waals surface area contributed by atoms with Gasteiger partial charge in [0.1, 0.15) is 23.4 Å². The molecule has 4 heteroatoms. The van der Waals surface area contributed by atoms with Gasteiger partial charge in [-0.1, -0.05) is 17.7 Å². The molecule has 0 saturated carbocycles. The topological polar surface area (TPSA) is 38.7 Å². The van der Waals surface area contributed by atoms with Gasteiger partial charge < -0.3 is 14.6 Å². The fourth-order valence-electron chi connectivity index (χ4n) is 2.18. The van der Waals surface area contributed by atoms with E-state index < -0.39 is 11.9 Å². The zero-order valence-corrected chi connectivity index (χ0v) is 11.7. The average molecular weight is 276 g/mol. The molecule has 1 N–H and O–H groups in total. The SMILES string of the molecule is COc1ccc(C)cc1C(O)c1c(F)cccc1OC. The third-order valence-electron chi connectivity index (χ3n) is 3.19. The first-order valence-electron chi connectivity index (χ1n) is 6.23. The van der Waals surface area contributed by atoms with Gasteiger partial charge in [0, 0.05) is 5.56 Å². The summed E-state index contributed by atoms with van der Waals surface area (Å²) in [6.07, 6.45) is -1.15. The second-order valence-corrected chi connectivity index (χ2v) is 4.50. The van der Waals surface area contributed by atoms with Crippen LogP contribution in [0.3, 0.4) is 0 Å². The molecular formula is C16H17FO3. The number of halogens is 1. The van der Waals surface area contributed by atoms with Crippen molar-refractivity contribution in [2.45, 2.75) is 13.0 Å². The van der Waals surface area contributed by atoms with E-state index in [0.717, 1.165) is 5.56 Å². The largest absolute Gasteiger partial charge is 0.496 e. The Balaban J connectivity index is 2.57. The first-order chi connectivity index (χ1) is 9.58. The van der Waals surface area contributed by atoms with Crippen LogP contribution in [0.25, 0.3) is 0 Å². The predicted octanol–water partition coefficient (Wildman–Crippen LogP) is 3.23. The van der Waals surface area contributed by atoms with E-state index in [4.69, 9.17) is 9.47 Å². The predicted molar refractivity (Wildman–Crippen MR) is 74.7 cm³/mol. The number of aliphatic hydroxyl groups excluding tert-OH is 1. The lowest BCUT2D eigenvalue weighted by Gasteiger charge is -2.18. The van der Waals surface area contributed by atoms with Crippen molar-refractivity contribution >= 4 is 0 Å². The molecule has 0 heterocycles. The standard InChI is InChI=1S/C16H17FO3/c1-10-7-8-13(19-2)11(9-10)16(18)15-12(17)5-4-6-14(15)20-3/h4-9,16,18H,1-3H3. The van der Waals surface area contributed by atoms with Gasteiger partial charge in [-0.2, -0.15) is 0 Å². The monoisotopic (exact) mass is 276 g/mol. The quantitative estimate of drug-likeness (QED) is 0.931. The second kappa shape index (κ2) is 5.92. The molecule has 0 spiro atoms. The highest BCUT2D eigenvalue weighted by atomic mass is 19.1. The van der Waals surface area contributed by atoms with Gasteiger partial charge >= 0.3 is 0 Å². The number of methoxy groups -OCH3 is 2. The summed E-state index contributed by atoms with van der Waals surface area (Å²) in [6.45, 7) is 1.90. The maximum atomic E-state index is 14.0. The molecule has 106 valence electrons. The molecule has 2 aromatic rings. The molecule has 0 radical (unpaired) electrons. The summed E-state index contributed by atoms with van der Waals surface area (Å²) in [5.74, 6) is 0.301. The third-order valence-corrected chi connectivity index (χ3v) is 3.19. The lowest BCUT2D eigenvalue weighted by atomic mass is 9.97. The van der Waals surface area contributed by atoms with Gasteiger partial charge in [-0.25, -0.2) is 4.39 Å². The molecule has 0 amide bonds. The number of hydrogen-bond donors (Lipinski definition) is 1. The van der Waals surface area contributed by atoms with E-state index in [1.165, 1.54) is 26.4 Å². The maximum Gasteiger partial charge on any atom is 0.133 e. The van der Waals surface area contributed by atoms with Gasteiger partial charge in [0.05, 0.1) is 19.8 Å². The Morgan fingerprint density at radius 1 is 1.05 bits per heavy atom. The Bertz CT molecular complexity index is 611. The van der Waals surface area contributed by atoms with Crippen LogP contribution in [0.1, 0.15) is 22.8 Å². The van der Waals surface area contributed by atoms with Crippen LogP contribution in [0, 0.1) is 12.7 Å². The highest BCUT2D eigenvalue weighted by Gasteiger charge is 2.22. The Labute approximate surface area is 117 Å².